The van der Waals surface area contributed by atoms with E-state index in [4.69, 9.17) is 0 Å². The Labute approximate surface area is 152 Å². The molecule has 0 aliphatic rings. The van der Waals surface area contributed by atoms with E-state index in [2.05, 4.69) is 9.97 Å². The van der Waals surface area contributed by atoms with Crippen molar-refractivity contribution in [3.63, 3.8) is 0 Å². The first-order valence-corrected chi connectivity index (χ1v) is 8.81. The number of aromatic nitrogens is 2. The van der Waals surface area contributed by atoms with Crippen molar-refractivity contribution < 1.29 is 8.78 Å². The first-order chi connectivity index (χ1) is 12.4. The van der Waals surface area contributed by atoms with Crippen LogP contribution >= 0.6 is 11.3 Å². The number of aromatic amines is 1. The fourth-order valence-corrected chi connectivity index (χ4v) is 4.01. The summed E-state index contributed by atoms with van der Waals surface area (Å²) in [6, 6.07) is 10.8. The molecule has 0 aliphatic carbocycles. The summed E-state index contributed by atoms with van der Waals surface area (Å²) in [5, 5.41) is 0.468. The van der Waals surface area contributed by atoms with Gasteiger partial charge in [-0.15, -0.1) is 11.3 Å². The second-order valence-corrected chi connectivity index (χ2v) is 7.30. The number of aryl methyl sites for hydroxylation is 2. The molecule has 3 nitrogen and oxygen atoms in total. The lowest BCUT2D eigenvalue weighted by Gasteiger charge is -2.04. The van der Waals surface area contributed by atoms with Gasteiger partial charge >= 0.3 is 0 Å². The van der Waals surface area contributed by atoms with E-state index >= 15 is 0 Å². The topological polar surface area (TPSA) is 45.8 Å². The maximum atomic E-state index is 13.9. The molecular formula is C20H14F2N2OS. The van der Waals surface area contributed by atoms with Crippen molar-refractivity contribution in [1.29, 1.82) is 0 Å². The van der Waals surface area contributed by atoms with E-state index in [1.54, 1.807) is 31.2 Å². The summed E-state index contributed by atoms with van der Waals surface area (Å²) >= 11 is 1.39. The van der Waals surface area contributed by atoms with Crippen molar-refractivity contribution in [1.82, 2.24) is 9.97 Å². The minimum absolute atomic E-state index is 0.297. The Balaban J connectivity index is 1.93. The molecule has 0 saturated heterocycles. The third-order valence-electron chi connectivity index (χ3n) is 4.32. The summed E-state index contributed by atoms with van der Waals surface area (Å²) < 4.78 is 27.1. The summed E-state index contributed by atoms with van der Waals surface area (Å²) in [4.78, 5) is 21.5. The first-order valence-electron chi connectivity index (χ1n) is 8.00. The minimum Gasteiger partial charge on any atom is -0.306 e. The van der Waals surface area contributed by atoms with Crippen LogP contribution in [0.1, 0.15) is 10.4 Å². The molecule has 0 unspecified atom stereocenters. The molecule has 1 N–H and O–H groups in total. The molecule has 26 heavy (non-hydrogen) atoms. The van der Waals surface area contributed by atoms with Crippen LogP contribution in [0.2, 0.25) is 0 Å². The molecule has 0 atom stereocenters. The molecule has 0 bridgehead atoms. The van der Waals surface area contributed by atoms with Gasteiger partial charge in [-0.2, -0.15) is 0 Å². The zero-order valence-corrected chi connectivity index (χ0v) is 14.9. The third kappa shape index (κ3) is 2.72. The van der Waals surface area contributed by atoms with Crippen molar-refractivity contribution in [3.05, 3.63) is 74.9 Å². The van der Waals surface area contributed by atoms with E-state index in [0.29, 0.717) is 27.2 Å². The molecular weight excluding hydrogens is 354 g/mol. The Kier molecular flexibility index (Phi) is 3.92. The van der Waals surface area contributed by atoms with Crippen molar-refractivity contribution in [2.24, 2.45) is 0 Å². The van der Waals surface area contributed by atoms with Gasteiger partial charge in [-0.3, -0.25) is 4.79 Å². The lowest BCUT2D eigenvalue weighted by Crippen LogP contribution is -2.09. The first kappa shape index (κ1) is 16.6. The highest BCUT2D eigenvalue weighted by molar-refractivity contribution is 7.19. The Morgan fingerprint density at radius 2 is 1.69 bits per heavy atom. The van der Waals surface area contributed by atoms with Crippen LogP contribution in [0.25, 0.3) is 32.7 Å². The van der Waals surface area contributed by atoms with Gasteiger partial charge in [0.2, 0.25) is 0 Å². The van der Waals surface area contributed by atoms with Gasteiger partial charge in [0.1, 0.15) is 22.3 Å². The van der Waals surface area contributed by atoms with Crippen LogP contribution in [0.5, 0.6) is 0 Å². The normalized spacial score (nSPS) is 11.2. The summed E-state index contributed by atoms with van der Waals surface area (Å²) in [5.74, 6) is -0.352. The predicted molar refractivity (Wildman–Crippen MR) is 101 cm³/mol. The largest absolute Gasteiger partial charge is 0.306 e. The van der Waals surface area contributed by atoms with Crippen LogP contribution in [-0.2, 0) is 0 Å². The Bertz CT molecular complexity index is 1190. The smallest absolute Gasteiger partial charge is 0.260 e. The number of benzene rings is 2. The van der Waals surface area contributed by atoms with Gasteiger partial charge in [-0.05, 0) is 43.2 Å². The van der Waals surface area contributed by atoms with Crippen LogP contribution in [-0.4, -0.2) is 9.97 Å². The number of rotatable bonds is 2. The maximum Gasteiger partial charge on any atom is 0.260 e. The average Bonchev–Trinajstić information content (AvgIpc) is 2.94. The second-order valence-electron chi connectivity index (χ2n) is 6.10. The summed E-state index contributed by atoms with van der Waals surface area (Å²) in [7, 11) is 0. The second kappa shape index (κ2) is 6.14. The Morgan fingerprint density at radius 3 is 2.38 bits per heavy atom. The van der Waals surface area contributed by atoms with Crippen molar-refractivity contribution >= 4 is 21.6 Å². The van der Waals surface area contributed by atoms with Gasteiger partial charge in [-0.1, -0.05) is 24.3 Å². The van der Waals surface area contributed by atoms with Gasteiger partial charge in [0, 0.05) is 16.0 Å². The van der Waals surface area contributed by atoms with Gasteiger partial charge in [0.15, 0.2) is 0 Å². The molecule has 4 rings (SSSR count). The molecule has 0 fully saturated rings. The number of halogens is 2. The van der Waals surface area contributed by atoms with E-state index in [1.807, 2.05) is 6.92 Å². The van der Waals surface area contributed by atoms with Crippen LogP contribution in [0.4, 0.5) is 8.78 Å². The summed E-state index contributed by atoms with van der Waals surface area (Å²) in [6.07, 6.45) is 0. The van der Waals surface area contributed by atoms with Crippen LogP contribution < -0.4 is 5.56 Å². The molecule has 0 aliphatic heterocycles. The molecule has 0 saturated carbocycles. The molecule has 4 aromatic rings. The lowest BCUT2D eigenvalue weighted by molar-refractivity contribution is 0.619. The molecule has 0 spiro atoms. The van der Waals surface area contributed by atoms with E-state index in [0.717, 1.165) is 16.0 Å². The number of hydrogen-bond donors (Lipinski definition) is 1. The van der Waals surface area contributed by atoms with Crippen molar-refractivity contribution in [2.75, 3.05) is 0 Å². The highest BCUT2D eigenvalue weighted by Gasteiger charge is 2.17. The average molecular weight is 368 g/mol. The SMILES string of the molecule is Cc1ccc(-c2nc3sc(C)c(-c4ccc(F)cc4)c3c(=O)[nH]2)cc1F. The zero-order valence-electron chi connectivity index (χ0n) is 14.1. The highest BCUT2D eigenvalue weighted by Crippen LogP contribution is 2.36. The molecule has 2 aromatic heterocycles. The van der Waals surface area contributed by atoms with Gasteiger partial charge in [-0.25, -0.2) is 13.8 Å². The van der Waals surface area contributed by atoms with E-state index < -0.39 is 0 Å². The third-order valence-corrected chi connectivity index (χ3v) is 5.32. The summed E-state index contributed by atoms with van der Waals surface area (Å²) in [5.41, 5.74) is 2.26. The van der Waals surface area contributed by atoms with Gasteiger partial charge in [0.05, 0.1) is 5.39 Å². The van der Waals surface area contributed by atoms with Crippen LogP contribution in [0.15, 0.2) is 47.3 Å². The van der Waals surface area contributed by atoms with Crippen molar-refractivity contribution in [2.45, 2.75) is 13.8 Å². The standard InChI is InChI=1S/C20H14F2N2OS/c1-10-3-4-13(9-15(10)22)18-23-19(25)17-16(11(2)26-20(17)24-18)12-5-7-14(21)8-6-12/h3-9H,1-2H3,(H,23,24,25). The minimum atomic E-state index is -0.348. The molecule has 0 amide bonds. The number of thiophene rings is 1. The molecule has 2 aromatic carbocycles. The maximum absolute atomic E-state index is 13.9. The van der Waals surface area contributed by atoms with Gasteiger partial charge < -0.3 is 4.98 Å². The predicted octanol–water partition coefficient (Wildman–Crippen LogP) is 5.21. The van der Waals surface area contributed by atoms with E-state index in [1.165, 1.54) is 29.5 Å². The monoisotopic (exact) mass is 368 g/mol. The molecule has 130 valence electrons. The number of nitrogens with one attached hydrogen (secondary N) is 1. The quantitative estimate of drug-likeness (QED) is 0.528. The van der Waals surface area contributed by atoms with Gasteiger partial charge in [0.25, 0.3) is 5.56 Å². The zero-order chi connectivity index (χ0) is 18.4. The fraction of sp³-hybridized carbons (Fsp3) is 0.100. The lowest BCUT2D eigenvalue weighted by atomic mass is 10.0. The number of hydrogen-bond acceptors (Lipinski definition) is 3. The van der Waals surface area contributed by atoms with Crippen molar-refractivity contribution in [3.8, 4) is 22.5 Å². The van der Waals surface area contributed by atoms with Crippen LogP contribution in [0.3, 0.4) is 0 Å². The number of fused-ring (bicyclic) bond motifs is 1. The molecule has 6 heteroatoms. The molecule has 2 heterocycles. The Morgan fingerprint density at radius 1 is 1.00 bits per heavy atom. The molecule has 0 radical (unpaired) electrons. The summed E-state index contributed by atoms with van der Waals surface area (Å²) in [6.45, 7) is 3.58. The highest BCUT2D eigenvalue weighted by atomic mass is 32.1. The number of nitrogens with zero attached hydrogens (tertiary/aromatic N) is 1. The fourth-order valence-electron chi connectivity index (χ4n) is 2.96. The van der Waals surface area contributed by atoms with E-state index in [9.17, 15) is 13.6 Å². The Hall–Kier alpha value is -2.86. The number of H-pyrrole nitrogens is 1. The van der Waals surface area contributed by atoms with E-state index in [-0.39, 0.29) is 17.2 Å². The van der Waals surface area contributed by atoms with Crippen LogP contribution in [0, 0.1) is 25.5 Å².